The van der Waals surface area contributed by atoms with Gasteiger partial charge in [-0.3, -0.25) is 19.8 Å². The summed E-state index contributed by atoms with van der Waals surface area (Å²) in [6.45, 7) is 4.76. The van der Waals surface area contributed by atoms with Crippen LogP contribution in [0.2, 0.25) is 0 Å². The van der Waals surface area contributed by atoms with Crippen LogP contribution in [0, 0.1) is 0 Å². The SMILES string of the molecule is Oc1c2cc(Br)cc1CN1CCN(CC1)Cc1cc(Br)cc(c1O)C=NC(c1ccccc1)C(c1ccccc1)N=C2. The van der Waals surface area contributed by atoms with E-state index in [1.807, 2.05) is 60.7 Å². The third kappa shape index (κ3) is 6.52. The minimum absolute atomic E-state index is 0.252. The van der Waals surface area contributed by atoms with E-state index in [0.29, 0.717) is 24.2 Å². The summed E-state index contributed by atoms with van der Waals surface area (Å²) in [5, 5.41) is 22.7. The Kier molecular flexibility index (Phi) is 8.86. The first-order valence-corrected chi connectivity index (χ1v) is 15.7. The van der Waals surface area contributed by atoms with Gasteiger partial charge < -0.3 is 10.2 Å². The molecule has 1 fully saturated rings. The Bertz CT molecular complexity index is 1480. The molecule has 0 amide bonds. The van der Waals surface area contributed by atoms with Crippen molar-refractivity contribution in [1.29, 1.82) is 0 Å². The number of rotatable bonds is 2. The Labute approximate surface area is 263 Å². The van der Waals surface area contributed by atoms with Gasteiger partial charge in [0.25, 0.3) is 0 Å². The highest BCUT2D eigenvalue weighted by atomic mass is 79.9. The molecule has 8 heteroatoms. The molecule has 0 aliphatic carbocycles. The number of hydrogen-bond donors (Lipinski definition) is 2. The van der Waals surface area contributed by atoms with E-state index in [9.17, 15) is 10.2 Å². The summed E-state index contributed by atoms with van der Waals surface area (Å²) < 4.78 is 1.80. The van der Waals surface area contributed by atoms with Crippen LogP contribution in [0.1, 0.15) is 45.5 Å². The second kappa shape index (κ2) is 12.9. The molecule has 0 aromatic heterocycles. The van der Waals surface area contributed by atoms with Crippen LogP contribution in [-0.4, -0.2) is 58.6 Å². The number of piperazine rings is 1. The Balaban J connectivity index is 1.52. The van der Waals surface area contributed by atoms with E-state index in [-0.39, 0.29) is 23.6 Å². The first-order valence-electron chi connectivity index (χ1n) is 14.1. The van der Waals surface area contributed by atoms with Crippen molar-refractivity contribution in [3.05, 3.63) is 127 Å². The molecule has 3 aliphatic rings. The molecule has 6 nitrogen and oxygen atoms in total. The topological polar surface area (TPSA) is 71.7 Å². The van der Waals surface area contributed by atoms with Crippen molar-refractivity contribution in [3.63, 3.8) is 0 Å². The highest BCUT2D eigenvalue weighted by molar-refractivity contribution is 9.10. The van der Waals surface area contributed by atoms with Gasteiger partial charge in [0.15, 0.2) is 0 Å². The fourth-order valence-electron chi connectivity index (χ4n) is 5.70. The Morgan fingerprint density at radius 1 is 0.571 bits per heavy atom. The molecule has 0 saturated carbocycles. The summed E-state index contributed by atoms with van der Waals surface area (Å²) >= 11 is 7.33. The lowest BCUT2D eigenvalue weighted by Gasteiger charge is -2.35. The maximum Gasteiger partial charge on any atom is 0.128 e. The van der Waals surface area contributed by atoms with E-state index in [1.165, 1.54) is 0 Å². The van der Waals surface area contributed by atoms with Crippen LogP contribution in [0.3, 0.4) is 0 Å². The second-order valence-electron chi connectivity index (χ2n) is 10.8. The van der Waals surface area contributed by atoms with Crippen molar-refractivity contribution in [3.8, 4) is 11.5 Å². The fourth-order valence-corrected chi connectivity index (χ4v) is 6.75. The number of phenolic OH excluding ortho intramolecular Hbond substituents is 2. The number of aromatic hydroxyl groups is 2. The molecular formula is C34H32Br2N4O2. The standard InChI is InChI=1S/C34H32Br2N4O2/c35-29-15-25-19-37-31(23-7-3-1-4-8-23)32(24-9-5-2-6-10-24)38-20-26-16-30(36)18-28(34(26)42)22-40-13-11-39(12-14-40)21-27(17-29)33(25)41/h1-10,15-20,31-32,41-42H,11-14,21-22H2. The van der Waals surface area contributed by atoms with Gasteiger partial charge in [0.05, 0.1) is 0 Å². The molecular weight excluding hydrogens is 656 g/mol. The molecule has 3 heterocycles. The third-order valence-corrected chi connectivity index (χ3v) is 8.86. The summed E-state index contributed by atoms with van der Waals surface area (Å²) in [6, 6.07) is 27.2. The average molecular weight is 688 g/mol. The first-order chi connectivity index (χ1) is 20.4. The zero-order valence-corrected chi connectivity index (χ0v) is 26.2. The van der Waals surface area contributed by atoms with Crippen molar-refractivity contribution in [2.24, 2.45) is 9.98 Å². The van der Waals surface area contributed by atoms with Gasteiger partial charge in [-0.15, -0.1) is 0 Å². The Hall–Kier alpha value is -3.30. The third-order valence-electron chi connectivity index (χ3n) is 7.95. The van der Waals surface area contributed by atoms with E-state index in [4.69, 9.17) is 9.98 Å². The summed E-state index contributed by atoms with van der Waals surface area (Å²) in [5.74, 6) is 0.503. The van der Waals surface area contributed by atoms with Gasteiger partial charge in [-0.2, -0.15) is 0 Å². The van der Waals surface area contributed by atoms with Gasteiger partial charge in [0.1, 0.15) is 23.6 Å². The number of nitrogens with zero attached hydrogens (tertiary/aromatic N) is 4. The minimum Gasteiger partial charge on any atom is -0.507 e. The van der Waals surface area contributed by atoms with Crippen molar-refractivity contribution >= 4 is 44.3 Å². The lowest BCUT2D eigenvalue weighted by Crippen LogP contribution is -2.45. The molecule has 0 radical (unpaired) electrons. The minimum atomic E-state index is -0.384. The van der Waals surface area contributed by atoms with E-state index in [2.05, 4.69) is 65.9 Å². The van der Waals surface area contributed by atoms with E-state index in [0.717, 1.165) is 57.4 Å². The van der Waals surface area contributed by atoms with Crippen LogP contribution in [-0.2, 0) is 13.1 Å². The molecule has 42 heavy (non-hydrogen) atoms. The van der Waals surface area contributed by atoms with Crippen LogP contribution < -0.4 is 0 Å². The zero-order chi connectivity index (χ0) is 29.1. The van der Waals surface area contributed by atoms with E-state index in [1.54, 1.807) is 12.4 Å². The Morgan fingerprint density at radius 3 is 1.33 bits per heavy atom. The van der Waals surface area contributed by atoms with Gasteiger partial charge in [-0.1, -0.05) is 92.5 Å². The smallest absolute Gasteiger partial charge is 0.128 e. The maximum absolute atomic E-state index is 11.4. The molecule has 0 spiro atoms. The predicted octanol–water partition coefficient (Wildman–Crippen LogP) is 7.27. The highest BCUT2D eigenvalue weighted by Crippen LogP contribution is 2.37. The molecule has 214 valence electrons. The molecule has 4 aromatic carbocycles. The van der Waals surface area contributed by atoms with Crippen LogP contribution in [0.15, 0.2) is 104 Å². The molecule has 7 rings (SSSR count). The monoisotopic (exact) mass is 686 g/mol. The van der Waals surface area contributed by atoms with Gasteiger partial charge in [-0.05, 0) is 35.4 Å². The predicted molar refractivity (Wildman–Crippen MR) is 176 cm³/mol. The van der Waals surface area contributed by atoms with Gasteiger partial charge in [-0.25, -0.2) is 0 Å². The summed E-state index contributed by atoms with van der Waals surface area (Å²) in [5.41, 5.74) is 5.04. The van der Waals surface area contributed by atoms with E-state index >= 15 is 0 Å². The molecule has 6 bridgehead atoms. The average Bonchev–Trinajstić information content (AvgIpc) is 3.00. The number of aliphatic imine (C=N–C) groups is 2. The Morgan fingerprint density at radius 2 is 0.952 bits per heavy atom. The molecule has 2 unspecified atom stereocenters. The van der Waals surface area contributed by atoms with E-state index < -0.39 is 0 Å². The quantitative estimate of drug-likeness (QED) is 0.233. The van der Waals surface area contributed by atoms with Crippen LogP contribution in [0.25, 0.3) is 0 Å². The number of hydrogen-bond acceptors (Lipinski definition) is 6. The van der Waals surface area contributed by atoms with Crippen LogP contribution in [0.5, 0.6) is 11.5 Å². The number of benzene rings is 4. The lowest BCUT2D eigenvalue weighted by atomic mass is 9.94. The molecule has 2 N–H and O–H groups in total. The molecule has 2 atom stereocenters. The highest BCUT2D eigenvalue weighted by Gasteiger charge is 2.25. The van der Waals surface area contributed by atoms with Crippen LogP contribution >= 0.6 is 31.9 Å². The van der Waals surface area contributed by atoms with Crippen molar-refractivity contribution in [1.82, 2.24) is 9.80 Å². The number of fused-ring (bicyclic) bond motifs is 5. The van der Waals surface area contributed by atoms with Crippen LogP contribution in [0.4, 0.5) is 0 Å². The normalized spacial score (nSPS) is 22.4. The summed E-state index contributed by atoms with van der Waals surface area (Å²) in [4.78, 5) is 14.9. The lowest BCUT2D eigenvalue weighted by molar-refractivity contribution is 0.120. The van der Waals surface area contributed by atoms with Crippen molar-refractivity contribution < 1.29 is 10.2 Å². The largest absolute Gasteiger partial charge is 0.507 e. The summed E-state index contributed by atoms with van der Waals surface area (Å²) in [6.07, 6.45) is 3.53. The fraction of sp³-hybridized carbons (Fsp3) is 0.235. The summed E-state index contributed by atoms with van der Waals surface area (Å²) in [7, 11) is 0. The number of phenols is 2. The first kappa shape index (κ1) is 28.8. The van der Waals surface area contributed by atoms with Gasteiger partial charge >= 0.3 is 0 Å². The molecule has 3 aliphatic heterocycles. The van der Waals surface area contributed by atoms with Gasteiger partial charge in [0, 0.05) is 82.9 Å². The number of halogens is 2. The molecule has 4 aromatic rings. The second-order valence-corrected chi connectivity index (χ2v) is 12.7. The molecule has 1 saturated heterocycles. The maximum atomic E-state index is 11.4. The van der Waals surface area contributed by atoms with Gasteiger partial charge in [0.2, 0.25) is 0 Å². The van der Waals surface area contributed by atoms with Crippen molar-refractivity contribution in [2.75, 3.05) is 26.2 Å². The zero-order valence-electron chi connectivity index (χ0n) is 23.1. The van der Waals surface area contributed by atoms with Crippen molar-refractivity contribution in [2.45, 2.75) is 25.2 Å².